The summed E-state index contributed by atoms with van der Waals surface area (Å²) < 4.78 is 6.85. The zero-order valence-electron chi connectivity index (χ0n) is 14.7. The number of hydrogen-bond acceptors (Lipinski definition) is 6. The van der Waals surface area contributed by atoms with E-state index in [0.717, 1.165) is 32.0 Å². The smallest absolute Gasteiger partial charge is 0.302 e. The molecule has 0 fully saturated rings. The maximum atomic E-state index is 6.06. The number of fused-ring (bicyclic) bond motifs is 2. The third kappa shape index (κ3) is 2.93. The minimum absolute atomic E-state index is 0.0726. The van der Waals surface area contributed by atoms with E-state index in [4.69, 9.17) is 10.2 Å². The molecule has 0 saturated heterocycles. The van der Waals surface area contributed by atoms with E-state index in [1.165, 1.54) is 16.9 Å². The van der Waals surface area contributed by atoms with Crippen LogP contribution in [0.5, 0.6) is 0 Å². The van der Waals surface area contributed by atoms with Gasteiger partial charge in [-0.1, -0.05) is 38.2 Å². The molecule has 0 spiro atoms. The number of oxazole rings is 1. The van der Waals surface area contributed by atoms with Crippen LogP contribution in [0.4, 0.5) is 16.8 Å². The zero-order chi connectivity index (χ0) is 17.8. The molecular weight excluding hydrogens is 332 g/mol. The molecule has 6 heteroatoms. The van der Waals surface area contributed by atoms with Gasteiger partial charge in [-0.3, -0.25) is 5.32 Å². The van der Waals surface area contributed by atoms with Crippen molar-refractivity contribution in [3.63, 3.8) is 0 Å². The van der Waals surface area contributed by atoms with Crippen molar-refractivity contribution in [2.45, 2.75) is 33.1 Å². The van der Waals surface area contributed by atoms with Crippen LogP contribution in [0.15, 0.2) is 34.7 Å². The number of hydrogen-bond donors (Lipinski definition) is 2. The SMILES string of the molecule is Cc1cc(N)c2nc(Nc3nc4cc(C(C)(C)C)ccc4o3)sc2c1. The highest BCUT2D eigenvalue weighted by Gasteiger charge is 2.16. The fourth-order valence-electron chi connectivity index (χ4n) is 2.79. The molecule has 128 valence electrons. The van der Waals surface area contributed by atoms with Gasteiger partial charge in [0, 0.05) is 0 Å². The van der Waals surface area contributed by atoms with E-state index < -0.39 is 0 Å². The molecule has 5 nitrogen and oxygen atoms in total. The Kier molecular flexibility index (Phi) is 3.47. The van der Waals surface area contributed by atoms with Crippen LogP contribution < -0.4 is 11.1 Å². The second kappa shape index (κ2) is 5.46. The van der Waals surface area contributed by atoms with Gasteiger partial charge >= 0.3 is 6.01 Å². The number of aryl methyl sites for hydroxylation is 1. The summed E-state index contributed by atoms with van der Waals surface area (Å²) >= 11 is 1.54. The molecule has 0 aliphatic heterocycles. The molecule has 0 aliphatic carbocycles. The molecule has 0 unspecified atom stereocenters. The molecule has 0 saturated carbocycles. The maximum Gasteiger partial charge on any atom is 0.302 e. The summed E-state index contributed by atoms with van der Waals surface area (Å²) in [4.78, 5) is 9.11. The fraction of sp³-hybridized carbons (Fsp3) is 0.263. The molecule has 0 radical (unpaired) electrons. The van der Waals surface area contributed by atoms with Gasteiger partial charge in [-0.2, -0.15) is 4.98 Å². The molecule has 25 heavy (non-hydrogen) atoms. The normalized spacial score (nSPS) is 12.2. The number of thiazole rings is 1. The quantitative estimate of drug-likeness (QED) is 0.474. The van der Waals surface area contributed by atoms with E-state index in [9.17, 15) is 0 Å². The molecule has 4 rings (SSSR count). The molecule has 2 heterocycles. The Morgan fingerprint density at radius 2 is 1.92 bits per heavy atom. The first kappa shape index (κ1) is 15.9. The average Bonchev–Trinajstić information content (AvgIpc) is 3.08. The zero-order valence-corrected chi connectivity index (χ0v) is 15.5. The highest BCUT2D eigenvalue weighted by molar-refractivity contribution is 7.22. The van der Waals surface area contributed by atoms with Gasteiger partial charge in [-0.25, -0.2) is 4.98 Å². The third-order valence-electron chi connectivity index (χ3n) is 4.14. The van der Waals surface area contributed by atoms with E-state index >= 15 is 0 Å². The molecule has 0 bridgehead atoms. The minimum atomic E-state index is 0.0726. The summed E-state index contributed by atoms with van der Waals surface area (Å²) in [5.41, 5.74) is 11.6. The summed E-state index contributed by atoms with van der Waals surface area (Å²) in [6.45, 7) is 8.57. The van der Waals surface area contributed by atoms with Crippen molar-refractivity contribution < 1.29 is 4.42 Å². The second-order valence-electron chi connectivity index (χ2n) is 7.30. The number of anilines is 3. The molecule has 0 amide bonds. The molecule has 2 aromatic carbocycles. The number of nitrogen functional groups attached to an aromatic ring is 1. The number of nitrogens with zero attached hydrogens (tertiary/aromatic N) is 2. The van der Waals surface area contributed by atoms with Gasteiger partial charge in [-0.05, 0) is 47.7 Å². The van der Waals surface area contributed by atoms with Crippen LogP contribution in [0.25, 0.3) is 21.3 Å². The van der Waals surface area contributed by atoms with Crippen molar-refractivity contribution in [3.8, 4) is 0 Å². The average molecular weight is 352 g/mol. The van der Waals surface area contributed by atoms with Gasteiger partial charge in [0.15, 0.2) is 10.7 Å². The van der Waals surface area contributed by atoms with Gasteiger partial charge in [0.05, 0.1) is 10.4 Å². The number of aromatic nitrogens is 2. The number of nitrogens with one attached hydrogen (secondary N) is 1. The molecular formula is C19H20N4OS. The molecule has 0 aliphatic rings. The second-order valence-corrected chi connectivity index (χ2v) is 8.33. The number of nitrogens with two attached hydrogens (primary N) is 1. The minimum Gasteiger partial charge on any atom is -0.423 e. The topological polar surface area (TPSA) is 77.0 Å². The van der Waals surface area contributed by atoms with Crippen LogP contribution >= 0.6 is 11.3 Å². The molecule has 2 aromatic heterocycles. The third-order valence-corrected chi connectivity index (χ3v) is 5.05. The highest BCUT2D eigenvalue weighted by Crippen LogP contribution is 2.33. The van der Waals surface area contributed by atoms with Crippen LogP contribution in [0.3, 0.4) is 0 Å². The lowest BCUT2D eigenvalue weighted by atomic mass is 9.87. The Hall–Kier alpha value is -2.60. The van der Waals surface area contributed by atoms with Crippen molar-refractivity contribution in [1.82, 2.24) is 9.97 Å². The van der Waals surface area contributed by atoms with Gasteiger partial charge in [0.1, 0.15) is 11.0 Å². The van der Waals surface area contributed by atoms with Gasteiger partial charge in [0.25, 0.3) is 0 Å². The van der Waals surface area contributed by atoms with Crippen LogP contribution in [-0.2, 0) is 5.41 Å². The van der Waals surface area contributed by atoms with E-state index in [-0.39, 0.29) is 5.41 Å². The van der Waals surface area contributed by atoms with Gasteiger partial charge in [0.2, 0.25) is 0 Å². The Morgan fingerprint density at radius 3 is 2.68 bits per heavy atom. The lowest BCUT2D eigenvalue weighted by molar-refractivity contribution is 0.590. The van der Waals surface area contributed by atoms with Crippen molar-refractivity contribution in [3.05, 3.63) is 41.5 Å². The van der Waals surface area contributed by atoms with Crippen molar-refractivity contribution in [2.75, 3.05) is 11.1 Å². The predicted octanol–water partition coefficient (Wildman–Crippen LogP) is 5.37. The summed E-state index contributed by atoms with van der Waals surface area (Å²) in [5.74, 6) is 0. The number of benzene rings is 2. The Balaban J connectivity index is 1.70. The Morgan fingerprint density at radius 1 is 1.12 bits per heavy atom. The summed E-state index contributed by atoms with van der Waals surface area (Å²) in [6.07, 6.45) is 0. The van der Waals surface area contributed by atoms with Crippen LogP contribution in [0.1, 0.15) is 31.9 Å². The first-order chi connectivity index (χ1) is 11.8. The monoisotopic (exact) mass is 352 g/mol. The Bertz CT molecular complexity index is 1090. The van der Waals surface area contributed by atoms with Gasteiger partial charge < -0.3 is 10.2 Å². The fourth-order valence-corrected chi connectivity index (χ4v) is 3.78. The molecule has 4 aromatic rings. The first-order valence-corrected chi connectivity index (χ1v) is 8.96. The lowest BCUT2D eigenvalue weighted by Crippen LogP contribution is -2.10. The maximum absolute atomic E-state index is 6.06. The standard InChI is InChI=1S/C19H20N4OS/c1-10-7-12(20)16-15(8-10)25-18(22-16)23-17-21-13-9-11(19(2,3)4)5-6-14(13)24-17/h5-9H,20H2,1-4H3,(H,21,22,23). The molecule has 3 N–H and O–H groups in total. The van der Waals surface area contributed by atoms with E-state index in [2.05, 4.69) is 54.3 Å². The predicted molar refractivity (Wildman–Crippen MR) is 105 cm³/mol. The van der Waals surface area contributed by atoms with Crippen LogP contribution in [-0.4, -0.2) is 9.97 Å². The van der Waals surface area contributed by atoms with E-state index in [0.29, 0.717) is 11.7 Å². The largest absolute Gasteiger partial charge is 0.423 e. The first-order valence-electron chi connectivity index (χ1n) is 8.14. The molecule has 0 atom stereocenters. The van der Waals surface area contributed by atoms with E-state index in [1.54, 1.807) is 0 Å². The van der Waals surface area contributed by atoms with Gasteiger partial charge in [-0.15, -0.1) is 0 Å². The lowest BCUT2D eigenvalue weighted by Gasteiger charge is -2.18. The van der Waals surface area contributed by atoms with Crippen molar-refractivity contribution in [2.24, 2.45) is 0 Å². The van der Waals surface area contributed by atoms with E-state index in [1.807, 2.05) is 19.1 Å². The van der Waals surface area contributed by atoms with Crippen molar-refractivity contribution >= 4 is 49.5 Å². The summed E-state index contributed by atoms with van der Waals surface area (Å²) in [7, 11) is 0. The van der Waals surface area contributed by atoms with Crippen LogP contribution in [0, 0.1) is 6.92 Å². The Labute approximate surface area is 149 Å². The van der Waals surface area contributed by atoms with Crippen LogP contribution in [0.2, 0.25) is 0 Å². The van der Waals surface area contributed by atoms with Crippen molar-refractivity contribution in [1.29, 1.82) is 0 Å². The summed E-state index contributed by atoms with van der Waals surface area (Å²) in [6, 6.07) is 10.6. The highest BCUT2D eigenvalue weighted by atomic mass is 32.1. The summed E-state index contributed by atoms with van der Waals surface area (Å²) in [5, 5.41) is 3.88. The number of rotatable bonds is 2.